The molecule has 0 N–H and O–H groups in total. The van der Waals surface area contributed by atoms with Crippen LogP contribution >= 0.6 is 0 Å². The van der Waals surface area contributed by atoms with Gasteiger partial charge in [0.15, 0.2) is 0 Å². The number of hydrogen-bond donors (Lipinski definition) is 0. The molecule has 1 heterocycles. The van der Waals surface area contributed by atoms with Crippen LogP contribution in [0, 0.1) is 18.3 Å². The van der Waals surface area contributed by atoms with E-state index < -0.39 is 0 Å². The first-order valence-corrected chi connectivity index (χ1v) is 5.47. The smallest absolute Gasteiger partial charge is 0.143 e. The van der Waals surface area contributed by atoms with Crippen LogP contribution in [0.4, 0.5) is 0 Å². The zero-order chi connectivity index (χ0) is 12.5. The lowest BCUT2D eigenvalue weighted by Crippen LogP contribution is -1.99. The molecule has 0 radical (unpaired) electrons. The third-order valence-electron chi connectivity index (χ3n) is 2.93. The second-order valence-corrected chi connectivity index (χ2v) is 4.00. The van der Waals surface area contributed by atoms with Gasteiger partial charge in [-0.3, -0.25) is 0 Å². The fourth-order valence-corrected chi connectivity index (χ4v) is 2.10. The molecule has 0 atom stereocenters. The second kappa shape index (κ2) is 3.93. The predicted octanol–water partition coefficient (Wildman–Crippen LogP) is 2.00. The van der Waals surface area contributed by atoms with Crippen molar-refractivity contribution >= 4 is 10.8 Å². The van der Waals surface area contributed by atoms with Crippen molar-refractivity contribution in [2.75, 3.05) is 0 Å². The van der Waals surface area contributed by atoms with Crippen molar-refractivity contribution in [3.05, 3.63) is 47.8 Å². The van der Waals surface area contributed by atoms with E-state index in [1.165, 1.54) is 0 Å². The first-order chi connectivity index (χ1) is 8.81. The van der Waals surface area contributed by atoms with Crippen molar-refractivity contribution in [1.82, 2.24) is 20.2 Å². The van der Waals surface area contributed by atoms with E-state index in [4.69, 9.17) is 0 Å². The Hall–Kier alpha value is -2.74. The SMILES string of the molecule is Cc1cc(-n2cnnn2)c2ccccc2c1C#N. The number of benzene rings is 2. The highest BCUT2D eigenvalue weighted by molar-refractivity contribution is 5.95. The van der Waals surface area contributed by atoms with E-state index in [1.807, 2.05) is 37.3 Å². The first-order valence-electron chi connectivity index (χ1n) is 5.47. The maximum atomic E-state index is 9.24. The number of aromatic nitrogens is 4. The molecule has 2 aromatic carbocycles. The summed E-state index contributed by atoms with van der Waals surface area (Å²) in [6.45, 7) is 1.92. The van der Waals surface area contributed by atoms with Crippen LogP contribution in [0.25, 0.3) is 16.5 Å². The van der Waals surface area contributed by atoms with Gasteiger partial charge in [-0.1, -0.05) is 24.3 Å². The maximum Gasteiger partial charge on any atom is 0.143 e. The number of nitriles is 1. The molecule has 0 saturated heterocycles. The third-order valence-corrected chi connectivity index (χ3v) is 2.93. The lowest BCUT2D eigenvalue weighted by molar-refractivity contribution is 0.792. The maximum absolute atomic E-state index is 9.24. The minimum atomic E-state index is 0.697. The summed E-state index contributed by atoms with van der Waals surface area (Å²) in [5.74, 6) is 0. The molecule has 86 valence electrons. The molecule has 0 spiro atoms. The summed E-state index contributed by atoms with van der Waals surface area (Å²) in [6.07, 6.45) is 1.55. The molecule has 0 aliphatic carbocycles. The van der Waals surface area contributed by atoms with Crippen molar-refractivity contribution < 1.29 is 0 Å². The van der Waals surface area contributed by atoms with Gasteiger partial charge >= 0.3 is 0 Å². The zero-order valence-electron chi connectivity index (χ0n) is 9.70. The molecular formula is C13H9N5. The van der Waals surface area contributed by atoms with Crippen LogP contribution in [0.1, 0.15) is 11.1 Å². The summed E-state index contributed by atoms with van der Waals surface area (Å²) >= 11 is 0. The number of tetrazole rings is 1. The normalized spacial score (nSPS) is 10.4. The molecule has 0 fully saturated rings. The van der Waals surface area contributed by atoms with E-state index in [0.29, 0.717) is 5.56 Å². The Labute approximate surface area is 103 Å². The highest BCUT2D eigenvalue weighted by atomic mass is 15.5. The van der Waals surface area contributed by atoms with Gasteiger partial charge in [0.2, 0.25) is 0 Å². The number of rotatable bonds is 1. The Morgan fingerprint density at radius 1 is 1.22 bits per heavy atom. The molecular weight excluding hydrogens is 226 g/mol. The molecule has 0 bridgehead atoms. The van der Waals surface area contributed by atoms with E-state index in [2.05, 4.69) is 21.6 Å². The fourth-order valence-electron chi connectivity index (χ4n) is 2.10. The summed E-state index contributed by atoms with van der Waals surface area (Å²) in [5.41, 5.74) is 2.50. The molecule has 1 aromatic heterocycles. The van der Waals surface area contributed by atoms with Crippen molar-refractivity contribution in [2.45, 2.75) is 6.92 Å². The Bertz CT molecular complexity index is 753. The van der Waals surface area contributed by atoms with Gasteiger partial charge in [0.25, 0.3) is 0 Å². The Kier molecular flexibility index (Phi) is 2.27. The van der Waals surface area contributed by atoms with Crippen LogP contribution in [0.2, 0.25) is 0 Å². The van der Waals surface area contributed by atoms with E-state index in [0.717, 1.165) is 22.0 Å². The van der Waals surface area contributed by atoms with Crippen LogP contribution in [-0.4, -0.2) is 20.2 Å². The van der Waals surface area contributed by atoms with Crippen molar-refractivity contribution in [2.24, 2.45) is 0 Å². The summed E-state index contributed by atoms with van der Waals surface area (Å²) in [4.78, 5) is 0. The molecule has 0 aliphatic rings. The van der Waals surface area contributed by atoms with Crippen molar-refractivity contribution in [3.8, 4) is 11.8 Å². The lowest BCUT2D eigenvalue weighted by atomic mass is 9.99. The van der Waals surface area contributed by atoms with E-state index >= 15 is 0 Å². The fraction of sp³-hybridized carbons (Fsp3) is 0.0769. The molecule has 3 rings (SSSR count). The van der Waals surface area contributed by atoms with Crippen LogP contribution in [0.15, 0.2) is 36.7 Å². The largest absolute Gasteiger partial charge is 0.200 e. The number of nitrogens with zero attached hydrogens (tertiary/aromatic N) is 5. The Morgan fingerprint density at radius 2 is 2.00 bits per heavy atom. The minimum Gasteiger partial charge on any atom is -0.200 e. The topological polar surface area (TPSA) is 67.4 Å². The molecule has 0 amide bonds. The first kappa shape index (κ1) is 10.4. The molecule has 5 nitrogen and oxygen atoms in total. The van der Waals surface area contributed by atoms with E-state index in [-0.39, 0.29) is 0 Å². The molecule has 0 unspecified atom stereocenters. The van der Waals surface area contributed by atoms with E-state index in [1.54, 1.807) is 11.0 Å². The van der Waals surface area contributed by atoms with Gasteiger partial charge in [-0.25, -0.2) is 0 Å². The zero-order valence-corrected chi connectivity index (χ0v) is 9.70. The third kappa shape index (κ3) is 1.44. The highest BCUT2D eigenvalue weighted by Crippen LogP contribution is 2.27. The summed E-state index contributed by atoms with van der Waals surface area (Å²) < 4.78 is 1.61. The monoisotopic (exact) mass is 235 g/mol. The van der Waals surface area contributed by atoms with Crippen LogP contribution in [-0.2, 0) is 0 Å². The van der Waals surface area contributed by atoms with E-state index in [9.17, 15) is 5.26 Å². The van der Waals surface area contributed by atoms with Gasteiger partial charge < -0.3 is 0 Å². The molecule has 18 heavy (non-hydrogen) atoms. The number of hydrogen-bond acceptors (Lipinski definition) is 4. The van der Waals surface area contributed by atoms with Gasteiger partial charge in [0.05, 0.1) is 11.3 Å². The van der Waals surface area contributed by atoms with Crippen molar-refractivity contribution in [1.29, 1.82) is 5.26 Å². The summed E-state index contributed by atoms with van der Waals surface area (Å²) in [6, 6.07) is 11.9. The van der Waals surface area contributed by atoms with Gasteiger partial charge in [-0.05, 0) is 29.0 Å². The Morgan fingerprint density at radius 3 is 2.67 bits per heavy atom. The lowest BCUT2D eigenvalue weighted by Gasteiger charge is -2.09. The quantitative estimate of drug-likeness (QED) is 0.647. The molecule has 0 aliphatic heterocycles. The van der Waals surface area contributed by atoms with Crippen LogP contribution < -0.4 is 0 Å². The van der Waals surface area contributed by atoms with Gasteiger partial charge in [-0.2, -0.15) is 9.94 Å². The van der Waals surface area contributed by atoms with Gasteiger partial charge in [0.1, 0.15) is 12.4 Å². The van der Waals surface area contributed by atoms with Crippen LogP contribution in [0.5, 0.6) is 0 Å². The average molecular weight is 235 g/mol. The van der Waals surface area contributed by atoms with Crippen LogP contribution in [0.3, 0.4) is 0 Å². The van der Waals surface area contributed by atoms with Gasteiger partial charge in [0, 0.05) is 10.8 Å². The summed E-state index contributed by atoms with van der Waals surface area (Å²) in [5, 5.41) is 22.3. The minimum absolute atomic E-state index is 0.697. The highest BCUT2D eigenvalue weighted by Gasteiger charge is 2.10. The second-order valence-electron chi connectivity index (χ2n) is 4.00. The number of fused-ring (bicyclic) bond motifs is 1. The van der Waals surface area contributed by atoms with Gasteiger partial charge in [-0.15, -0.1) is 5.10 Å². The molecule has 3 aromatic rings. The van der Waals surface area contributed by atoms with Crippen molar-refractivity contribution in [3.63, 3.8) is 0 Å². The average Bonchev–Trinajstić information content (AvgIpc) is 2.91. The predicted molar refractivity (Wildman–Crippen MR) is 66.1 cm³/mol. The Balaban J connectivity index is 2.45. The standard InChI is InChI=1S/C13H9N5/c1-9-6-13(18-8-15-16-17-18)11-5-3-2-4-10(11)12(9)7-14/h2-6,8H,1H3. The molecule has 0 saturated carbocycles. The number of aryl methyl sites for hydroxylation is 1. The molecule has 5 heteroatoms. The summed E-state index contributed by atoms with van der Waals surface area (Å²) in [7, 11) is 0.